The second kappa shape index (κ2) is 11.0. The topological polar surface area (TPSA) is 83.0 Å². The van der Waals surface area contributed by atoms with Gasteiger partial charge in [-0.1, -0.05) is 51.5 Å². The Morgan fingerprint density at radius 3 is 2.63 bits per heavy atom. The molecule has 3 heterocycles. The van der Waals surface area contributed by atoms with Crippen molar-refractivity contribution in [3.63, 3.8) is 0 Å². The van der Waals surface area contributed by atoms with Crippen molar-refractivity contribution < 1.29 is 18.7 Å². The molecule has 0 radical (unpaired) electrons. The third-order valence-electron chi connectivity index (χ3n) is 6.03. The number of ether oxygens (including phenoxy) is 2. The van der Waals surface area contributed by atoms with Crippen molar-refractivity contribution in [2.45, 2.75) is 26.8 Å². The van der Waals surface area contributed by atoms with Crippen LogP contribution in [0.1, 0.15) is 38.1 Å². The first-order valence-corrected chi connectivity index (χ1v) is 13.8. The number of rotatable bonds is 7. The molecule has 0 saturated heterocycles. The standard InChI is InChI=1S/C29H25BrN2O5S/c1-4-35-21-11-9-18(10-12-21)26-25(28(34)36-5-2)17(3)31-29-32(26)27(33)24(38-29)16-22-13-14-23(37-22)19-7-6-8-20(30)15-19/h6-16,26H,4-5H2,1-3H3/b24-16-/t26-/m0/s1. The number of carbonyl (C=O) groups excluding carboxylic acids is 1. The molecule has 0 saturated carbocycles. The van der Waals surface area contributed by atoms with E-state index in [0.717, 1.165) is 15.6 Å². The zero-order valence-electron chi connectivity index (χ0n) is 21.1. The second-order valence-electron chi connectivity index (χ2n) is 8.52. The lowest BCUT2D eigenvalue weighted by molar-refractivity contribution is -0.139. The van der Waals surface area contributed by atoms with Crippen LogP contribution in [0.5, 0.6) is 5.75 Å². The first kappa shape index (κ1) is 25.9. The molecular weight excluding hydrogens is 568 g/mol. The molecule has 0 unspecified atom stereocenters. The highest BCUT2D eigenvalue weighted by molar-refractivity contribution is 9.10. The lowest BCUT2D eigenvalue weighted by Crippen LogP contribution is -2.39. The van der Waals surface area contributed by atoms with Crippen LogP contribution in [-0.4, -0.2) is 23.8 Å². The predicted octanol–water partition coefficient (Wildman–Crippen LogP) is 5.22. The molecule has 0 N–H and O–H groups in total. The Balaban J connectivity index is 1.62. The quantitative estimate of drug-likeness (QED) is 0.275. The number of thiazole rings is 1. The highest BCUT2D eigenvalue weighted by Gasteiger charge is 2.33. The minimum absolute atomic E-state index is 0.217. The molecular formula is C29H25BrN2O5S. The minimum Gasteiger partial charge on any atom is -0.494 e. The van der Waals surface area contributed by atoms with Crippen LogP contribution in [0.25, 0.3) is 17.4 Å². The summed E-state index contributed by atoms with van der Waals surface area (Å²) < 4.78 is 19.9. The Labute approximate surface area is 231 Å². The fourth-order valence-electron chi connectivity index (χ4n) is 4.38. The molecule has 5 rings (SSSR count). The van der Waals surface area contributed by atoms with Gasteiger partial charge in [0, 0.05) is 16.1 Å². The average molecular weight is 593 g/mol. The third kappa shape index (κ3) is 5.04. The maximum atomic E-state index is 13.8. The van der Waals surface area contributed by atoms with Crippen LogP contribution in [0.2, 0.25) is 0 Å². The predicted molar refractivity (Wildman–Crippen MR) is 150 cm³/mol. The fourth-order valence-corrected chi connectivity index (χ4v) is 5.80. The smallest absolute Gasteiger partial charge is 0.338 e. The van der Waals surface area contributed by atoms with Crippen LogP contribution in [0.15, 0.2) is 90.6 Å². The van der Waals surface area contributed by atoms with Gasteiger partial charge in [-0.2, -0.15) is 0 Å². The summed E-state index contributed by atoms with van der Waals surface area (Å²) >= 11 is 4.74. The molecule has 1 atom stereocenters. The van der Waals surface area contributed by atoms with E-state index < -0.39 is 12.0 Å². The summed E-state index contributed by atoms with van der Waals surface area (Å²) in [6, 6.07) is 18.2. The first-order valence-electron chi connectivity index (χ1n) is 12.2. The lowest BCUT2D eigenvalue weighted by Gasteiger charge is -2.24. The number of nitrogens with zero attached hydrogens (tertiary/aromatic N) is 2. The van der Waals surface area contributed by atoms with E-state index in [0.29, 0.717) is 44.5 Å². The van der Waals surface area contributed by atoms with Gasteiger partial charge in [-0.3, -0.25) is 9.36 Å². The van der Waals surface area contributed by atoms with Gasteiger partial charge in [-0.05, 0) is 62.7 Å². The Kier molecular flexibility index (Phi) is 7.49. The van der Waals surface area contributed by atoms with Crippen molar-refractivity contribution in [2.75, 3.05) is 13.2 Å². The molecule has 0 aliphatic carbocycles. The summed E-state index contributed by atoms with van der Waals surface area (Å²) in [4.78, 5) is 31.9. The normalized spacial score (nSPS) is 15.3. The molecule has 2 aromatic carbocycles. The van der Waals surface area contributed by atoms with E-state index in [-0.39, 0.29) is 12.2 Å². The maximum absolute atomic E-state index is 13.8. The third-order valence-corrected chi connectivity index (χ3v) is 7.51. The van der Waals surface area contributed by atoms with Gasteiger partial charge in [0.1, 0.15) is 17.3 Å². The summed E-state index contributed by atoms with van der Waals surface area (Å²) in [5, 5.41) is 0. The number of benzene rings is 2. The van der Waals surface area contributed by atoms with E-state index in [1.807, 2.05) is 67.6 Å². The fraction of sp³-hybridized carbons (Fsp3) is 0.207. The summed E-state index contributed by atoms with van der Waals surface area (Å²) in [5.74, 6) is 1.45. The number of furan rings is 1. The van der Waals surface area contributed by atoms with Gasteiger partial charge >= 0.3 is 5.97 Å². The van der Waals surface area contributed by atoms with Crippen molar-refractivity contribution in [1.29, 1.82) is 0 Å². The SMILES string of the molecule is CCOC(=O)C1=C(C)N=c2s/c(=C\c3ccc(-c4cccc(Br)c4)o3)c(=O)n2[C@H]1c1ccc(OCC)cc1. The molecule has 0 spiro atoms. The molecule has 0 fully saturated rings. The van der Waals surface area contributed by atoms with Crippen LogP contribution in [0.4, 0.5) is 0 Å². The van der Waals surface area contributed by atoms with Crippen molar-refractivity contribution in [3.8, 4) is 17.1 Å². The summed E-state index contributed by atoms with van der Waals surface area (Å²) in [6.07, 6.45) is 1.71. The average Bonchev–Trinajstić information content (AvgIpc) is 3.48. The van der Waals surface area contributed by atoms with E-state index in [9.17, 15) is 9.59 Å². The molecule has 7 nitrogen and oxygen atoms in total. The highest BCUT2D eigenvalue weighted by atomic mass is 79.9. The van der Waals surface area contributed by atoms with Crippen molar-refractivity contribution in [2.24, 2.45) is 4.99 Å². The Morgan fingerprint density at radius 1 is 1.13 bits per heavy atom. The second-order valence-corrected chi connectivity index (χ2v) is 10.4. The number of halogens is 1. The summed E-state index contributed by atoms with van der Waals surface area (Å²) in [7, 11) is 0. The van der Waals surface area contributed by atoms with E-state index in [4.69, 9.17) is 13.9 Å². The van der Waals surface area contributed by atoms with Crippen molar-refractivity contribution in [3.05, 3.63) is 107 Å². The van der Waals surface area contributed by atoms with E-state index in [1.54, 1.807) is 24.5 Å². The van der Waals surface area contributed by atoms with Gasteiger partial charge < -0.3 is 13.9 Å². The molecule has 38 heavy (non-hydrogen) atoms. The molecule has 0 bridgehead atoms. The minimum atomic E-state index is -0.683. The molecule has 1 aliphatic heterocycles. The van der Waals surface area contributed by atoms with E-state index >= 15 is 0 Å². The zero-order valence-corrected chi connectivity index (χ0v) is 23.5. The highest BCUT2D eigenvalue weighted by Crippen LogP contribution is 2.32. The van der Waals surface area contributed by atoms with Gasteiger partial charge in [0.15, 0.2) is 4.80 Å². The molecule has 0 amide bonds. The number of carbonyl (C=O) groups is 1. The van der Waals surface area contributed by atoms with E-state index in [1.165, 1.54) is 11.3 Å². The van der Waals surface area contributed by atoms with Gasteiger partial charge in [0.25, 0.3) is 5.56 Å². The Bertz CT molecular complexity index is 1710. The molecule has 194 valence electrons. The summed E-state index contributed by atoms with van der Waals surface area (Å²) in [6.45, 7) is 6.19. The molecule has 4 aromatic rings. The van der Waals surface area contributed by atoms with Crippen molar-refractivity contribution >= 4 is 39.3 Å². The number of hydrogen-bond acceptors (Lipinski definition) is 7. The van der Waals surface area contributed by atoms with Gasteiger partial charge in [-0.15, -0.1) is 0 Å². The van der Waals surface area contributed by atoms with Crippen LogP contribution >= 0.6 is 27.3 Å². The molecule has 9 heteroatoms. The molecule has 1 aliphatic rings. The summed E-state index contributed by atoms with van der Waals surface area (Å²) in [5.41, 5.74) is 2.27. The van der Waals surface area contributed by atoms with E-state index in [2.05, 4.69) is 20.9 Å². The number of hydrogen-bond donors (Lipinski definition) is 0. The van der Waals surface area contributed by atoms with Crippen molar-refractivity contribution in [1.82, 2.24) is 4.57 Å². The lowest BCUT2D eigenvalue weighted by atomic mass is 9.96. The Hall–Kier alpha value is -3.69. The van der Waals surface area contributed by atoms with Gasteiger partial charge in [0.2, 0.25) is 0 Å². The van der Waals surface area contributed by atoms with Crippen LogP contribution < -0.4 is 19.6 Å². The number of allylic oxidation sites excluding steroid dienone is 1. The maximum Gasteiger partial charge on any atom is 0.338 e. The monoisotopic (exact) mass is 592 g/mol. The number of fused-ring (bicyclic) bond motifs is 1. The molecule has 2 aromatic heterocycles. The number of esters is 1. The van der Waals surface area contributed by atoms with Gasteiger partial charge in [-0.25, -0.2) is 9.79 Å². The van der Waals surface area contributed by atoms with Crippen LogP contribution in [0, 0.1) is 0 Å². The van der Waals surface area contributed by atoms with Crippen LogP contribution in [0.3, 0.4) is 0 Å². The van der Waals surface area contributed by atoms with Gasteiger partial charge in [0.05, 0.1) is 35.1 Å². The van der Waals surface area contributed by atoms with Crippen LogP contribution in [-0.2, 0) is 9.53 Å². The zero-order chi connectivity index (χ0) is 26.8. The number of aromatic nitrogens is 1. The first-order chi connectivity index (χ1) is 18.4. The Morgan fingerprint density at radius 2 is 1.92 bits per heavy atom. The largest absolute Gasteiger partial charge is 0.494 e.